The molecule has 0 aliphatic heterocycles. The van der Waals surface area contributed by atoms with E-state index in [1.54, 1.807) is 0 Å². The highest BCUT2D eigenvalue weighted by Gasteiger charge is 2.40. The van der Waals surface area contributed by atoms with Gasteiger partial charge in [0.05, 0.1) is 11.1 Å². The Morgan fingerprint density at radius 2 is 0.788 bits per heavy atom. The highest BCUT2D eigenvalue weighted by atomic mass is 16.3. The monoisotopic (exact) mass is 846 g/mol. The van der Waals surface area contributed by atoms with Gasteiger partial charge in [0.2, 0.25) is 0 Å². The predicted molar refractivity (Wildman–Crippen MR) is 277 cm³/mol. The Hall–Kier alpha value is -8.40. The largest absolute Gasteiger partial charge is 0.455 e. The number of benzene rings is 10. The highest BCUT2D eigenvalue weighted by molar-refractivity contribution is 6.21. The van der Waals surface area contributed by atoms with Crippen molar-refractivity contribution < 1.29 is 4.42 Å². The average molecular weight is 847 g/mol. The molecule has 0 saturated carbocycles. The third kappa shape index (κ3) is 6.59. The van der Waals surface area contributed by atoms with Gasteiger partial charge in [-0.1, -0.05) is 190 Å². The molecule has 11 aromatic rings. The maximum absolute atomic E-state index is 7.40. The van der Waals surface area contributed by atoms with Crippen LogP contribution < -0.4 is 9.80 Å². The Bertz CT molecular complexity index is 3510. The molecule has 0 saturated heterocycles. The molecule has 0 unspecified atom stereocenters. The van der Waals surface area contributed by atoms with Gasteiger partial charge in [-0.05, 0) is 111 Å². The molecule has 0 radical (unpaired) electrons. The first-order chi connectivity index (χ1) is 32.5. The Kier molecular flexibility index (Phi) is 9.50. The van der Waals surface area contributed by atoms with E-state index >= 15 is 0 Å². The van der Waals surface area contributed by atoms with E-state index in [4.69, 9.17) is 4.42 Å². The van der Waals surface area contributed by atoms with Gasteiger partial charge in [-0.2, -0.15) is 0 Å². The molecule has 12 rings (SSSR count). The van der Waals surface area contributed by atoms with Crippen molar-refractivity contribution in [1.82, 2.24) is 0 Å². The topological polar surface area (TPSA) is 19.6 Å². The van der Waals surface area contributed by atoms with E-state index in [9.17, 15) is 0 Å². The van der Waals surface area contributed by atoms with Gasteiger partial charge in [0.25, 0.3) is 0 Å². The molecular formula is C63H46N2O. The molecule has 0 atom stereocenters. The molecule has 1 heterocycles. The van der Waals surface area contributed by atoms with E-state index in [2.05, 4.69) is 266 Å². The van der Waals surface area contributed by atoms with Gasteiger partial charge in [0, 0.05) is 50.4 Å². The molecular weight excluding hydrogens is 801 g/mol. The van der Waals surface area contributed by atoms with Crippen molar-refractivity contribution >= 4 is 56.1 Å². The van der Waals surface area contributed by atoms with E-state index in [1.165, 1.54) is 38.9 Å². The van der Waals surface area contributed by atoms with Crippen LogP contribution in [0.15, 0.2) is 247 Å². The summed E-state index contributed by atoms with van der Waals surface area (Å²) in [4.78, 5) is 4.79. The van der Waals surface area contributed by atoms with Crippen molar-refractivity contribution in [1.29, 1.82) is 0 Å². The lowest BCUT2D eigenvalue weighted by molar-refractivity contribution is 0.653. The summed E-state index contributed by atoms with van der Waals surface area (Å²) >= 11 is 0. The lowest BCUT2D eigenvalue weighted by Crippen LogP contribution is -2.18. The van der Waals surface area contributed by atoms with E-state index < -0.39 is 0 Å². The minimum absolute atomic E-state index is 0.385. The third-order valence-corrected chi connectivity index (χ3v) is 13.4. The van der Waals surface area contributed by atoms with Crippen LogP contribution in [0.5, 0.6) is 0 Å². The van der Waals surface area contributed by atoms with Crippen LogP contribution in [-0.2, 0) is 5.41 Å². The van der Waals surface area contributed by atoms with Crippen LogP contribution >= 0.6 is 0 Å². The quantitative estimate of drug-likeness (QED) is 0.144. The Balaban J connectivity index is 1.08. The number of hydrogen-bond acceptors (Lipinski definition) is 3. The number of fused-ring (bicyclic) bond motifs is 7. The fraction of sp³-hybridized carbons (Fsp3) is 0.0476. The standard InChI is InChI=1S/C63H46N2O/c1-63(2)56-41-52(64(48-25-14-6-15-26-48)50-35-31-45(32-36-50)43-19-8-3-9-20-43)39-40-54(56)59-57(63)42-58(60-55-30-18-29-53(61(55)66-62(59)60)47-23-12-5-13-24-47)65(49-27-16-7-17-28-49)51-37-33-46(34-38-51)44-21-10-4-11-22-44/h3-42H,1-2H3. The van der Waals surface area contributed by atoms with Crippen molar-refractivity contribution in [2.24, 2.45) is 0 Å². The molecule has 0 spiro atoms. The molecule has 0 N–H and O–H groups in total. The van der Waals surface area contributed by atoms with Gasteiger partial charge >= 0.3 is 0 Å². The molecule has 66 heavy (non-hydrogen) atoms. The van der Waals surface area contributed by atoms with Crippen molar-refractivity contribution in [2.45, 2.75) is 19.3 Å². The van der Waals surface area contributed by atoms with E-state index in [0.29, 0.717) is 0 Å². The molecule has 0 bridgehead atoms. The summed E-state index contributed by atoms with van der Waals surface area (Å²) in [6.07, 6.45) is 0. The number of furan rings is 1. The fourth-order valence-electron chi connectivity index (χ4n) is 10.2. The Morgan fingerprint density at radius 1 is 0.333 bits per heavy atom. The van der Waals surface area contributed by atoms with E-state index in [-0.39, 0.29) is 5.41 Å². The van der Waals surface area contributed by atoms with Crippen LogP contribution in [0, 0.1) is 0 Å². The molecule has 314 valence electrons. The molecule has 10 aromatic carbocycles. The van der Waals surface area contributed by atoms with Crippen LogP contribution in [0.2, 0.25) is 0 Å². The maximum Gasteiger partial charge on any atom is 0.145 e. The first-order valence-corrected chi connectivity index (χ1v) is 22.8. The SMILES string of the molecule is CC1(C)c2cc(N(c3ccccc3)c3ccc(-c4ccccc4)cc3)ccc2-c2c1cc(N(c1ccccc1)c1ccc(-c3ccccc3)cc1)c1c2oc2c(-c3ccccc3)cccc21. The normalized spacial score (nSPS) is 12.5. The van der Waals surface area contributed by atoms with Crippen molar-refractivity contribution in [3.63, 3.8) is 0 Å². The Morgan fingerprint density at radius 3 is 1.35 bits per heavy atom. The summed E-state index contributed by atoms with van der Waals surface area (Å²) in [5, 5.41) is 2.18. The molecule has 3 nitrogen and oxygen atoms in total. The predicted octanol–water partition coefficient (Wildman–Crippen LogP) is 17.8. The first kappa shape index (κ1) is 39.2. The summed E-state index contributed by atoms with van der Waals surface area (Å²) in [6.45, 7) is 4.75. The van der Waals surface area contributed by atoms with E-state index in [0.717, 1.165) is 72.8 Å². The minimum Gasteiger partial charge on any atom is -0.455 e. The lowest BCUT2D eigenvalue weighted by Gasteiger charge is -2.29. The summed E-state index contributed by atoms with van der Waals surface area (Å²) in [5.74, 6) is 0. The van der Waals surface area contributed by atoms with Crippen molar-refractivity contribution in [3.05, 3.63) is 254 Å². The maximum atomic E-state index is 7.40. The molecule has 3 heteroatoms. The van der Waals surface area contributed by atoms with Crippen LogP contribution in [0.4, 0.5) is 34.1 Å². The highest BCUT2D eigenvalue weighted by Crippen LogP contribution is 2.58. The number of nitrogens with zero attached hydrogens (tertiary/aromatic N) is 2. The number of anilines is 6. The second-order valence-corrected chi connectivity index (χ2v) is 17.7. The summed E-state index contributed by atoms with van der Waals surface area (Å²) < 4.78 is 7.40. The second kappa shape index (κ2) is 16.0. The summed E-state index contributed by atoms with van der Waals surface area (Å²) in [7, 11) is 0. The zero-order chi connectivity index (χ0) is 44.2. The van der Waals surface area contributed by atoms with Crippen LogP contribution in [0.25, 0.3) is 66.4 Å². The summed E-state index contributed by atoms with van der Waals surface area (Å²) in [5.41, 5.74) is 19.7. The molecule has 0 amide bonds. The van der Waals surface area contributed by atoms with Gasteiger partial charge in [-0.3, -0.25) is 0 Å². The second-order valence-electron chi connectivity index (χ2n) is 17.7. The number of para-hydroxylation sites is 3. The number of rotatable bonds is 9. The Labute approximate surface area is 386 Å². The molecule has 1 aliphatic rings. The van der Waals surface area contributed by atoms with Crippen LogP contribution in [0.3, 0.4) is 0 Å². The summed E-state index contributed by atoms with van der Waals surface area (Å²) in [6, 6.07) is 87.2. The third-order valence-electron chi connectivity index (χ3n) is 13.4. The van der Waals surface area contributed by atoms with Crippen LogP contribution in [-0.4, -0.2) is 0 Å². The van der Waals surface area contributed by atoms with Gasteiger partial charge in [0.1, 0.15) is 11.2 Å². The first-order valence-electron chi connectivity index (χ1n) is 22.8. The van der Waals surface area contributed by atoms with Crippen molar-refractivity contribution in [2.75, 3.05) is 9.80 Å². The smallest absolute Gasteiger partial charge is 0.145 e. The average Bonchev–Trinajstić information content (AvgIpc) is 3.88. The molecule has 1 aromatic heterocycles. The molecule has 1 aliphatic carbocycles. The zero-order valence-corrected chi connectivity index (χ0v) is 36.9. The van der Waals surface area contributed by atoms with Crippen LogP contribution in [0.1, 0.15) is 25.0 Å². The van der Waals surface area contributed by atoms with Gasteiger partial charge in [0.15, 0.2) is 0 Å². The zero-order valence-electron chi connectivity index (χ0n) is 36.9. The van der Waals surface area contributed by atoms with Gasteiger partial charge in [-0.25, -0.2) is 0 Å². The molecule has 0 fully saturated rings. The number of hydrogen-bond donors (Lipinski definition) is 0. The lowest BCUT2D eigenvalue weighted by atomic mass is 9.81. The van der Waals surface area contributed by atoms with Crippen molar-refractivity contribution in [3.8, 4) is 44.5 Å². The van der Waals surface area contributed by atoms with Gasteiger partial charge in [-0.15, -0.1) is 0 Å². The minimum atomic E-state index is -0.385. The van der Waals surface area contributed by atoms with E-state index in [1.807, 2.05) is 0 Å². The van der Waals surface area contributed by atoms with Gasteiger partial charge < -0.3 is 14.2 Å². The fourth-order valence-corrected chi connectivity index (χ4v) is 10.2.